The maximum absolute atomic E-state index is 13.3. The fourth-order valence-electron chi connectivity index (χ4n) is 19.0. The Morgan fingerprint density at radius 1 is 0.333 bits per heavy atom. The van der Waals surface area contributed by atoms with E-state index in [4.69, 9.17) is 77.0 Å². The number of piperazine rings is 3. The number of nitrogens with zero attached hydrogens (tertiary/aromatic N) is 11. The molecular weight excluding hydrogens is 1790 g/mol. The molecule has 8 saturated heterocycles. The van der Waals surface area contributed by atoms with Crippen molar-refractivity contribution in [2.75, 3.05) is 197 Å². The minimum atomic E-state index is -2.63. The van der Waals surface area contributed by atoms with Gasteiger partial charge in [0, 0.05) is 199 Å². The van der Waals surface area contributed by atoms with Gasteiger partial charge in [-0.15, -0.1) is 0 Å². The van der Waals surface area contributed by atoms with E-state index in [0.29, 0.717) is 225 Å². The van der Waals surface area contributed by atoms with Crippen LogP contribution in [0.25, 0.3) is 0 Å². The molecule has 720 valence electrons. The van der Waals surface area contributed by atoms with Gasteiger partial charge in [-0.3, -0.25) is 53.2 Å². The largest absolute Gasteiger partial charge is 0.494 e. The molecule has 0 bridgehead atoms. The van der Waals surface area contributed by atoms with Crippen LogP contribution in [0.15, 0.2) is 121 Å². The molecule has 15 rings (SSSR count). The number of piperidine rings is 1. The molecule has 9 aliphatic rings. The average molecular weight is 1930 g/mol. The second-order valence-corrected chi connectivity index (χ2v) is 39.0. The number of ketones is 4. The molecule has 8 heterocycles. The van der Waals surface area contributed by atoms with Crippen LogP contribution in [-0.2, 0) is 4.79 Å². The van der Waals surface area contributed by atoms with E-state index >= 15 is 0 Å². The van der Waals surface area contributed by atoms with E-state index in [-0.39, 0.29) is 79.2 Å². The molecule has 0 aromatic heterocycles. The summed E-state index contributed by atoms with van der Waals surface area (Å²) in [6, 6.07) is 36.5. The molecular formula is C102H135Cl5F3N11O11. The van der Waals surface area contributed by atoms with Crippen molar-refractivity contribution in [3.8, 4) is 23.0 Å². The first-order chi connectivity index (χ1) is 63.6. The van der Waals surface area contributed by atoms with Gasteiger partial charge in [0.2, 0.25) is 5.91 Å². The molecule has 0 unspecified atom stereocenters. The van der Waals surface area contributed by atoms with Crippen LogP contribution in [0, 0.1) is 11.7 Å². The Morgan fingerprint density at radius 2 is 0.629 bits per heavy atom. The Labute approximate surface area is 804 Å². The molecule has 4 atom stereocenters. The third-order valence-electron chi connectivity index (χ3n) is 27.3. The van der Waals surface area contributed by atoms with Crippen LogP contribution in [-0.4, -0.2) is 321 Å². The molecule has 3 amide bonds. The molecule has 30 heteroatoms. The lowest BCUT2D eigenvalue weighted by atomic mass is 9.88. The average Bonchev–Trinajstić information content (AvgIpc) is 1.52. The van der Waals surface area contributed by atoms with Crippen LogP contribution in [0.3, 0.4) is 0 Å². The van der Waals surface area contributed by atoms with Crippen LogP contribution in [0.4, 0.5) is 13.2 Å². The van der Waals surface area contributed by atoms with Crippen LogP contribution in [0.2, 0.25) is 25.1 Å². The van der Waals surface area contributed by atoms with E-state index in [1.54, 1.807) is 58.3 Å². The molecule has 0 N–H and O–H groups in total. The van der Waals surface area contributed by atoms with Gasteiger partial charge in [0.1, 0.15) is 17.3 Å². The lowest BCUT2D eigenvalue weighted by Crippen LogP contribution is -2.51. The number of hydrogen-bond acceptors (Lipinski definition) is 19. The number of alkyl halides is 2. The van der Waals surface area contributed by atoms with Crippen LogP contribution in [0.1, 0.15) is 212 Å². The highest BCUT2D eigenvalue weighted by Crippen LogP contribution is 2.38. The predicted molar refractivity (Wildman–Crippen MR) is 517 cm³/mol. The maximum atomic E-state index is 13.3. The summed E-state index contributed by atoms with van der Waals surface area (Å²) < 4.78 is 63.0. The van der Waals surface area contributed by atoms with Gasteiger partial charge in [-0.2, -0.15) is 0 Å². The Kier molecular flexibility index (Phi) is 40.9. The molecule has 6 aromatic carbocycles. The zero-order chi connectivity index (χ0) is 93.6. The summed E-state index contributed by atoms with van der Waals surface area (Å²) in [5, 5.41) is 1.95. The van der Waals surface area contributed by atoms with Gasteiger partial charge in [-0.1, -0.05) is 77.3 Å². The number of ether oxygens (including phenoxy) is 4. The fraction of sp³-hybridized carbons (Fsp3) is 0.578. The van der Waals surface area contributed by atoms with E-state index < -0.39 is 5.92 Å². The fourth-order valence-corrected chi connectivity index (χ4v) is 20.3. The number of carbonyl (C=O) groups is 7. The number of rotatable bonds is 35. The van der Waals surface area contributed by atoms with Gasteiger partial charge >= 0.3 is 0 Å². The number of amides is 3. The lowest BCUT2D eigenvalue weighted by Gasteiger charge is -2.36. The van der Waals surface area contributed by atoms with Gasteiger partial charge in [-0.05, 0) is 265 Å². The first kappa shape index (κ1) is 103. The summed E-state index contributed by atoms with van der Waals surface area (Å²) in [7, 11) is 0. The second kappa shape index (κ2) is 52.2. The van der Waals surface area contributed by atoms with Crippen molar-refractivity contribution < 1.29 is 65.7 Å². The summed E-state index contributed by atoms with van der Waals surface area (Å²) in [5.41, 5.74) is 3.36. The topological polar surface area (TPSA) is 192 Å². The first-order valence-corrected chi connectivity index (χ1v) is 50.0. The van der Waals surface area contributed by atoms with Crippen molar-refractivity contribution in [1.82, 2.24) is 53.9 Å². The van der Waals surface area contributed by atoms with Crippen LogP contribution >= 0.6 is 58.0 Å². The highest BCUT2D eigenvalue weighted by Gasteiger charge is 2.36. The van der Waals surface area contributed by atoms with Crippen LogP contribution < -0.4 is 18.9 Å². The van der Waals surface area contributed by atoms with Crippen molar-refractivity contribution in [3.05, 3.63) is 186 Å². The lowest BCUT2D eigenvalue weighted by molar-refractivity contribution is -0.138. The molecule has 6 aromatic rings. The summed E-state index contributed by atoms with van der Waals surface area (Å²) in [4.78, 5) is 113. The SMILES string of the molecule is C[C@@H]1CCCN1CCCOc1c(Cl)cc(C(=O)CN2CCC(F)(F)CC2)cc1Cl.C[C@@H]1CCCN1CCCOc1c(Cl)cc(C(=O)CN2CCN(C(=O)C3CCCCC3)CC2)cc1Cl.C[C@@H]1CCCN1CCCOc1ccc(C(=O)CN2CCN(C(=O)c3ccc(Cl)cc3)CC2)cc1.C[C@@H]1CCCN1CCCOc1ccc(C(=O)CN2CCN(C(=O)c3ccc(F)cc3)CC2)cc1. The molecule has 0 spiro atoms. The number of Topliss-reactive ketones (excluding diaryl/α,β-unsaturated/α-hetero) is 4. The molecule has 8 aliphatic heterocycles. The number of carbonyl (C=O) groups excluding carboxylic acids is 7. The van der Waals surface area contributed by atoms with E-state index in [1.165, 1.54) is 95.1 Å². The van der Waals surface area contributed by atoms with Gasteiger partial charge < -0.3 is 53.2 Å². The molecule has 1 saturated carbocycles. The Balaban J connectivity index is 0.000000159. The molecule has 132 heavy (non-hydrogen) atoms. The highest BCUT2D eigenvalue weighted by molar-refractivity contribution is 6.38. The van der Waals surface area contributed by atoms with Crippen molar-refractivity contribution >= 4 is 98.9 Å². The van der Waals surface area contributed by atoms with Gasteiger partial charge in [0.05, 0.1) is 72.7 Å². The third kappa shape index (κ3) is 31.8. The van der Waals surface area contributed by atoms with Crippen molar-refractivity contribution in [3.63, 3.8) is 0 Å². The Morgan fingerprint density at radius 3 is 0.955 bits per heavy atom. The molecule has 1 aliphatic carbocycles. The third-order valence-corrected chi connectivity index (χ3v) is 28.7. The second-order valence-electron chi connectivity index (χ2n) is 36.9. The number of likely N-dealkylation sites (tertiary alicyclic amines) is 5. The smallest absolute Gasteiger partial charge is 0.253 e. The number of halogens is 8. The monoisotopic (exact) mass is 1920 g/mol. The summed E-state index contributed by atoms with van der Waals surface area (Å²) >= 11 is 31.4. The zero-order valence-corrected chi connectivity index (χ0v) is 81.3. The van der Waals surface area contributed by atoms with Gasteiger partial charge in [-0.25, -0.2) is 13.2 Å². The van der Waals surface area contributed by atoms with E-state index in [9.17, 15) is 46.7 Å². The van der Waals surface area contributed by atoms with E-state index in [1.807, 2.05) is 58.3 Å². The Bertz CT molecular complexity index is 4480. The number of benzene rings is 6. The molecule has 0 radical (unpaired) electrons. The number of hydrogen-bond donors (Lipinski definition) is 0. The first-order valence-electron chi connectivity index (χ1n) is 48.1. The quantitative estimate of drug-likeness (QED) is 0.0269. The highest BCUT2D eigenvalue weighted by atomic mass is 35.5. The Hall–Kier alpha value is -7.47. The summed E-state index contributed by atoms with van der Waals surface area (Å²) in [5.74, 6) is -0.186. The summed E-state index contributed by atoms with van der Waals surface area (Å²) in [6.07, 6.45) is 19.2. The van der Waals surface area contributed by atoms with E-state index in [2.05, 4.69) is 62.0 Å². The van der Waals surface area contributed by atoms with E-state index in [0.717, 1.165) is 102 Å². The van der Waals surface area contributed by atoms with Crippen molar-refractivity contribution in [2.45, 2.75) is 180 Å². The van der Waals surface area contributed by atoms with Crippen molar-refractivity contribution in [2.24, 2.45) is 5.92 Å². The minimum Gasteiger partial charge on any atom is -0.494 e. The van der Waals surface area contributed by atoms with Crippen molar-refractivity contribution in [1.29, 1.82) is 0 Å². The van der Waals surface area contributed by atoms with Crippen LogP contribution in [0.5, 0.6) is 23.0 Å². The molecule has 9 fully saturated rings. The van der Waals surface area contributed by atoms with Gasteiger partial charge in [0.25, 0.3) is 17.7 Å². The molecule has 22 nitrogen and oxygen atoms in total. The maximum Gasteiger partial charge on any atom is 0.253 e. The minimum absolute atomic E-state index is 0.00757. The standard InChI is InChI=1S/C27H39Cl2N3O3.C27H34ClN3O3.C27H34FN3O3.C21H28Cl2F2N2O2/c1-20-7-5-10-31(20)11-6-16-35-26-23(28)17-22(18-24(26)29)25(33)19-30-12-14-32(15-13-30)27(34)21-8-3-2-4-9-21;2*1-21-4-2-13-30(21)14-3-19-34-25-11-7-22(8-12-25)26(32)20-29-15-17-31(18-16-29)27(33)23-5-9-24(28)10-6-23;1-15-4-2-7-27(15)8-3-11-29-20-17(22)12-16(13-18(20)23)19(28)14-26-9-5-21(24,25)6-10-26/h17-18,20-21H,2-16,19H2,1H3;2*5-12,21H,2-4,13-20H2,1H3;12-13,15H,2-11,14H2,1H3/t20-;2*21-;15-/m1111/s1. The van der Waals surface area contributed by atoms with Gasteiger partial charge in [0.15, 0.2) is 34.6 Å². The normalized spacial score (nSPS) is 20.9. The summed E-state index contributed by atoms with van der Waals surface area (Å²) in [6.45, 7) is 29.5. The zero-order valence-electron chi connectivity index (χ0n) is 77.5. The predicted octanol–water partition coefficient (Wildman–Crippen LogP) is 18.3.